The molecule has 0 spiro atoms. The molecule has 0 unspecified atom stereocenters. The largest absolute Gasteiger partial charge is 0.390 e. The first kappa shape index (κ1) is 15.5. The second-order valence-electron chi connectivity index (χ2n) is 4.22. The molecule has 1 N–H and O–H groups in total. The molecule has 0 saturated carbocycles. The van der Waals surface area contributed by atoms with E-state index < -0.39 is 12.6 Å². The Morgan fingerprint density at radius 3 is 2.58 bits per heavy atom. The molecule has 0 atom stereocenters. The van der Waals surface area contributed by atoms with Gasteiger partial charge in [0.25, 0.3) is 0 Å². The van der Waals surface area contributed by atoms with Crippen LogP contribution in [0.3, 0.4) is 0 Å². The second kappa shape index (κ2) is 7.17. The summed E-state index contributed by atoms with van der Waals surface area (Å²) in [7, 11) is 1.64. The molecule has 2 nitrogen and oxygen atoms in total. The van der Waals surface area contributed by atoms with Gasteiger partial charge in [-0.25, -0.2) is 0 Å². The quantitative estimate of drug-likeness (QED) is 0.850. The second-order valence-corrected chi connectivity index (χ2v) is 4.22. The van der Waals surface area contributed by atoms with Gasteiger partial charge in [0, 0.05) is 18.7 Å². The van der Waals surface area contributed by atoms with E-state index in [9.17, 15) is 13.2 Å². The first-order chi connectivity index (χ1) is 8.92. The fraction of sp³-hybridized carbons (Fsp3) is 0.429. The lowest BCUT2D eigenvalue weighted by Crippen LogP contribution is -2.24. The third kappa shape index (κ3) is 6.27. The van der Waals surface area contributed by atoms with Crippen LogP contribution in [0.2, 0.25) is 0 Å². The summed E-state index contributed by atoms with van der Waals surface area (Å²) in [6, 6.07) is 7.23. The number of benzene rings is 1. The van der Waals surface area contributed by atoms with E-state index in [0.29, 0.717) is 6.54 Å². The van der Waals surface area contributed by atoms with Crippen molar-refractivity contribution < 1.29 is 18.3 Å². The lowest BCUT2D eigenvalue weighted by atomic mass is 10.1. The Hall–Kier alpha value is -1.51. The number of nitrogens with zero attached hydrogens (tertiary/aromatic N) is 1. The maximum atomic E-state index is 12.1. The Morgan fingerprint density at radius 1 is 1.26 bits per heavy atom. The van der Waals surface area contributed by atoms with E-state index in [1.165, 1.54) is 0 Å². The maximum Gasteiger partial charge on any atom is 0.390 e. The van der Waals surface area contributed by atoms with Gasteiger partial charge in [0.2, 0.25) is 0 Å². The normalized spacial score (nSPS) is 11.3. The van der Waals surface area contributed by atoms with Gasteiger partial charge >= 0.3 is 6.18 Å². The van der Waals surface area contributed by atoms with Gasteiger partial charge in [-0.1, -0.05) is 30.0 Å². The van der Waals surface area contributed by atoms with Crippen LogP contribution in [-0.2, 0) is 6.54 Å². The summed E-state index contributed by atoms with van der Waals surface area (Å²) < 4.78 is 36.4. The van der Waals surface area contributed by atoms with Gasteiger partial charge in [0.05, 0.1) is 6.42 Å². The maximum absolute atomic E-state index is 12.1. The summed E-state index contributed by atoms with van der Waals surface area (Å²) >= 11 is 0. The minimum atomic E-state index is -4.13. The minimum Gasteiger partial charge on any atom is -0.384 e. The Bertz CT molecular complexity index is 460. The summed E-state index contributed by atoms with van der Waals surface area (Å²) in [6.45, 7) is 0.107. The smallest absolute Gasteiger partial charge is 0.384 e. The predicted molar refractivity (Wildman–Crippen MR) is 67.4 cm³/mol. The number of aliphatic hydroxyl groups excluding tert-OH is 1. The highest BCUT2D eigenvalue weighted by atomic mass is 19.4. The molecule has 0 heterocycles. The van der Waals surface area contributed by atoms with Gasteiger partial charge in [-0.05, 0) is 18.7 Å². The van der Waals surface area contributed by atoms with Crippen LogP contribution in [0, 0.1) is 11.8 Å². The first-order valence-corrected chi connectivity index (χ1v) is 5.85. The monoisotopic (exact) mass is 271 g/mol. The van der Waals surface area contributed by atoms with Crippen LogP contribution in [0.4, 0.5) is 13.2 Å². The van der Waals surface area contributed by atoms with E-state index in [2.05, 4.69) is 11.8 Å². The highest BCUT2D eigenvalue weighted by Crippen LogP contribution is 2.20. The van der Waals surface area contributed by atoms with Gasteiger partial charge < -0.3 is 10.0 Å². The van der Waals surface area contributed by atoms with E-state index in [4.69, 9.17) is 5.11 Å². The lowest BCUT2D eigenvalue weighted by molar-refractivity contribution is -0.137. The zero-order valence-corrected chi connectivity index (χ0v) is 10.7. The van der Waals surface area contributed by atoms with Gasteiger partial charge in [-0.3, -0.25) is 0 Å². The summed E-state index contributed by atoms with van der Waals surface area (Å²) in [4.78, 5) is 1.60. The van der Waals surface area contributed by atoms with Crippen molar-refractivity contribution in [3.8, 4) is 11.8 Å². The molecule has 19 heavy (non-hydrogen) atoms. The van der Waals surface area contributed by atoms with Gasteiger partial charge in [-0.2, -0.15) is 13.2 Å². The van der Waals surface area contributed by atoms with Crippen LogP contribution in [0.25, 0.3) is 0 Å². The average Bonchev–Trinajstić information content (AvgIpc) is 2.34. The van der Waals surface area contributed by atoms with Crippen molar-refractivity contribution in [3.63, 3.8) is 0 Å². The number of halogens is 3. The molecule has 1 aromatic carbocycles. The molecule has 0 radical (unpaired) electrons. The number of hydrogen-bond donors (Lipinski definition) is 1. The highest BCUT2D eigenvalue weighted by Gasteiger charge is 2.27. The molecule has 0 aromatic heterocycles. The number of hydrogen-bond acceptors (Lipinski definition) is 2. The number of alkyl halides is 3. The molecule has 1 aromatic rings. The third-order valence-corrected chi connectivity index (χ3v) is 2.54. The van der Waals surface area contributed by atoms with Crippen molar-refractivity contribution in [2.45, 2.75) is 19.1 Å². The summed E-state index contributed by atoms with van der Waals surface area (Å²) in [5.74, 6) is 5.33. The molecular formula is C14H16F3NO. The van der Waals surface area contributed by atoms with Crippen molar-refractivity contribution in [2.24, 2.45) is 0 Å². The van der Waals surface area contributed by atoms with Crippen molar-refractivity contribution in [2.75, 3.05) is 20.2 Å². The number of aliphatic hydroxyl groups is 1. The molecule has 0 aliphatic heterocycles. The van der Waals surface area contributed by atoms with E-state index in [1.807, 2.05) is 12.1 Å². The summed E-state index contributed by atoms with van der Waals surface area (Å²) in [5, 5.41) is 8.67. The summed E-state index contributed by atoms with van der Waals surface area (Å²) in [5.41, 5.74) is 1.59. The Morgan fingerprint density at radius 2 is 1.95 bits per heavy atom. The predicted octanol–water partition coefficient (Wildman–Crippen LogP) is 2.41. The van der Waals surface area contributed by atoms with E-state index in [1.54, 1.807) is 24.1 Å². The van der Waals surface area contributed by atoms with Crippen LogP contribution >= 0.6 is 0 Å². The molecular weight excluding hydrogens is 255 g/mol. The lowest BCUT2D eigenvalue weighted by Gasteiger charge is -2.18. The Labute approximate surface area is 110 Å². The Kier molecular flexibility index (Phi) is 5.87. The fourth-order valence-corrected chi connectivity index (χ4v) is 1.60. The number of rotatable bonds is 4. The molecule has 0 aliphatic rings. The van der Waals surface area contributed by atoms with E-state index in [-0.39, 0.29) is 13.2 Å². The topological polar surface area (TPSA) is 23.5 Å². The van der Waals surface area contributed by atoms with E-state index >= 15 is 0 Å². The minimum absolute atomic E-state index is 0.0503. The van der Waals surface area contributed by atoms with Gasteiger partial charge in [-0.15, -0.1) is 0 Å². The van der Waals surface area contributed by atoms with Crippen molar-refractivity contribution in [1.29, 1.82) is 0 Å². The van der Waals surface area contributed by atoms with Crippen LogP contribution in [0.1, 0.15) is 17.5 Å². The first-order valence-electron chi connectivity index (χ1n) is 5.85. The zero-order chi connectivity index (χ0) is 14.3. The molecule has 5 heteroatoms. The van der Waals surface area contributed by atoms with Crippen LogP contribution < -0.4 is 0 Å². The zero-order valence-electron chi connectivity index (χ0n) is 10.7. The Balaban J connectivity index is 2.66. The molecule has 104 valence electrons. The molecule has 0 saturated heterocycles. The van der Waals surface area contributed by atoms with Gasteiger partial charge in [0.15, 0.2) is 0 Å². The fourth-order valence-electron chi connectivity index (χ4n) is 1.60. The van der Waals surface area contributed by atoms with Crippen molar-refractivity contribution in [3.05, 3.63) is 35.4 Å². The highest BCUT2D eigenvalue weighted by molar-refractivity contribution is 5.41. The SMILES string of the molecule is CN(CCC(F)(F)F)Cc1ccccc1C#CCO. The molecule has 0 fully saturated rings. The molecule has 1 rings (SSSR count). The molecule has 0 bridgehead atoms. The van der Waals surface area contributed by atoms with E-state index in [0.717, 1.165) is 11.1 Å². The van der Waals surface area contributed by atoms with Crippen LogP contribution in [-0.4, -0.2) is 36.4 Å². The van der Waals surface area contributed by atoms with Crippen molar-refractivity contribution >= 4 is 0 Å². The molecule has 0 amide bonds. The van der Waals surface area contributed by atoms with Gasteiger partial charge in [0.1, 0.15) is 6.61 Å². The average molecular weight is 271 g/mol. The van der Waals surface area contributed by atoms with Crippen LogP contribution in [0.15, 0.2) is 24.3 Å². The van der Waals surface area contributed by atoms with Crippen LogP contribution in [0.5, 0.6) is 0 Å². The standard InChI is InChI=1S/C14H16F3NO/c1-18(9-8-14(15,16)17)11-13-6-3-2-5-12(13)7-4-10-19/h2-3,5-6,19H,8-11H2,1H3. The summed E-state index contributed by atoms with van der Waals surface area (Å²) in [6.07, 6.45) is -4.96. The third-order valence-electron chi connectivity index (χ3n) is 2.54. The molecule has 0 aliphatic carbocycles. The van der Waals surface area contributed by atoms with Crippen molar-refractivity contribution in [1.82, 2.24) is 4.90 Å².